The molecule has 0 saturated heterocycles. The number of benzene rings is 2. The van der Waals surface area contributed by atoms with Crippen LogP contribution in [0.5, 0.6) is 5.75 Å². The molecule has 0 aliphatic carbocycles. The Bertz CT molecular complexity index is 910. The smallest absolute Gasteiger partial charge is 0.371 e. The van der Waals surface area contributed by atoms with Crippen LogP contribution in [-0.2, 0) is 13.0 Å². The van der Waals surface area contributed by atoms with Crippen LogP contribution in [0, 0.1) is 5.82 Å². The first-order valence-electron chi connectivity index (χ1n) is 8.06. The molecule has 132 valence electrons. The molecule has 3 aromatic rings. The molecule has 3 rings (SSSR count). The predicted octanol–water partition coefficient (Wildman–Crippen LogP) is 4.95. The molecule has 0 fully saturated rings. The third-order valence-electron chi connectivity index (χ3n) is 3.69. The van der Waals surface area contributed by atoms with Gasteiger partial charge in [-0.05, 0) is 60.0 Å². The van der Waals surface area contributed by atoms with Crippen LogP contribution in [0.15, 0.2) is 71.2 Å². The molecule has 1 N–H and O–H groups in total. The first-order chi connectivity index (χ1) is 12.6. The fourth-order valence-electron chi connectivity index (χ4n) is 2.38. The number of furan rings is 1. The van der Waals surface area contributed by atoms with Crippen molar-refractivity contribution in [3.05, 3.63) is 95.2 Å². The second kappa shape index (κ2) is 8.16. The highest BCUT2D eigenvalue weighted by Crippen LogP contribution is 2.17. The van der Waals surface area contributed by atoms with Crippen molar-refractivity contribution in [1.29, 1.82) is 0 Å². The fraction of sp³-hybridized carbons (Fsp3) is 0.0952. The van der Waals surface area contributed by atoms with E-state index in [2.05, 4.69) is 0 Å². The molecule has 5 heteroatoms. The van der Waals surface area contributed by atoms with Crippen molar-refractivity contribution in [2.24, 2.45) is 0 Å². The van der Waals surface area contributed by atoms with Crippen LogP contribution in [0.1, 0.15) is 27.4 Å². The summed E-state index contributed by atoms with van der Waals surface area (Å²) in [4.78, 5) is 10.8. The van der Waals surface area contributed by atoms with Crippen LogP contribution < -0.4 is 4.74 Å². The molecule has 1 aromatic heterocycles. The highest BCUT2D eigenvalue weighted by Gasteiger charge is 2.06. The van der Waals surface area contributed by atoms with Gasteiger partial charge in [-0.1, -0.05) is 30.3 Å². The first-order valence-corrected chi connectivity index (χ1v) is 8.06. The summed E-state index contributed by atoms with van der Waals surface area (Å²) in [7, 11) is 0. The van der Waals surface area contributed by atoms with Gasteiger partial charge in [0.2, 0.25) is 5.76 Å². The molecule has 0 bridgehead atoms. The maximum atomic E-state index is 12.9. The molecule has 1 heterocycles. The van der Waals surface area contributed by atoms with Crippen molar-refractivity contribution in [2.45, 2.75) is 13.0 Å². The third-order valence-corrected chi connectivity index (χ3v) is 3.69. The highest BCUT2D eigenvalue weighted by atomic mass is 19.1. The standard InChI is InChI=1S/C21H17FO4/c22-17-9-7-16(8-10-17)14-25-19-6-2-4-15(13-19)3-1-5-18-11-12-20(26-18)21(23)24/h1-2,4-13H,3,14H2,(H,23,24). The van der Waals surface area contributed by atoms with Gasteiger partial charge in [0.05, 0.1) is 0 Å². The Labute approximate surface area is 150 Å². The Morgan fingerprint density at radius 3 is 2.62 bits per heavy atom. The van der Waals surface area contributed by atoms with Gasteiger partial charge >= 0.3 is 5.97 Å². The molecule has 4 nitrogen and oxygen atoms in total. The molecular formula is C21H17FO4. The Hall–Kier alpha value is -3.34. The van der Waals surface area contributed by atoms with Crippen molar-refractivity contribution in [3.63, 3.8) is 0 Å². The van der Waals surface area contributed by atoms with Crippen molar-refractivity contribution in [2.75, 3.05) is 0 Å². The molecule has 0 unspecified atom stereocenters. The number of rotatable bonds is 7. The Morgan fingerprint density at radius 1 is 1.08 bits per heavy atom. The minimum Gasteiger partial charge on any atom is -0.489 e. The summed E-state index contributed by atoms with van der Waals surface area (Å²) in [6.07, 6.45) is 4.28. The zero-order chi connectivity index (χ0) is 18.4. The second-order valence-electron chi connectivity index (χ2n) is 5.68. The van der Waals surface area contributed by atoms with E-state index in [-0.39, 0.29) is 11.6 Å². The van der Waals surface area contributed by atoms with Crippen LogP contribution in [0.3, 0.4) is 0 Å². The molecule has 0 aliphatic heterocycles. The van der Waals surface area contributed by atoms with Gasteiger partial charge in [0.25, 0.3) is 0 Å². The van der Waals surface area contributed by atoms with Gasteiger partial charge in [0.1, 0.15) is 23.9 Å². The van der Waals surface area contributed by atoms with Gasteiger partial charge in [-0.3, -0.25) is 0 Å². The van der Waals surface area contributed by atoms with Crippen LogP contribution in [-0.4, -0.2) is 11.1 Å². The van der Waals surface area contributed by atoms with Gasteiger partial charge < -0.3 is 14.3 Å². The Kier molecular flexibility index (Phi) is 5.49. The predicted molar refractivity (Wildman–Crippen MR) is 95.6 cm³/mol. The minimum absolute atomic E-state index is 0.0826. The van der Waals surface area contributed by atoms with Crippen LogP contribution >= 0.6 is 0 Å². The number of carboxylic acid groups (broad SMARTS) is 1. The van der Waals surface area contributed by atoms with Crippen LogP contribution in [0.4, 0.5) is 4.39 Å². The Morgan fingerprint density at radius 2 is 1.88 bits per heavy atom. The maximum Gasteiger partial charge on any atom is 0.371 e. The third kappa shape index (κ3) is 4.83. The monoisotopic (exact) mass is 352 g/mol. The lowest BCUT2D eigenvalue weighted by Crippen LogP contribution is -1.96. The lowest BCUT2D eigenvalue weighted by Gasteiger charge is -2.07. The van der Waals surface area contributed by atoms with E-state index in [0.717, 1.165) is 16.9 Å². The van der Waals surface area contributed by atoms with Crippen molar-refractivity contribution < 1.29 is 23.4 Å². The Balaban J connectivity index is 1.57. The topological polar surface area (TPSA) is 59.7 Å². The summed E-state index contributed by atoms with van der Waals surface area (Å²) in [5.41, 5.74) is 1.94. The molecular weight excluding hydrogens is 335 g/mol. The number of halogens is 1. The summed E-state index contributed by atoms with van der Waals surface area (Å²) < 4.78 is 23.8. The molecule has 2 aromatic carbocycles. The van der Waals surface area contributed by atoms with Crippen LogP contribution in [0.2, 0.25) is 0 Å². The van der Waals surface area contributed by atoms with Crippen molar-refractivity contribution in [1.82, 2.24) is 0 Å². The highest BCUT2D eigenvalue weighted by molar-refractivity contribution is 5.84. The van der Waals surface area contributed by atoms with Gasteiger partial charge in [0, 0.05) is 0 Å². The number of carbonyl (C=O) groups is 1. The summed E-state index contributed by atoms with van der Waals surface area (Å²) >= 11 is 0. The lowest BCUT2D eigenvalue weighted by molar-refractivity contribution is 0.0662. The first kappa shape index (κ1) is 17.5. The number of carboxylic acids is 1. The van der Waals surface area contributed by atoms with Gasteiger partial charge in [-0.15, -0.1) is 0 Å². The summed E-state index contributed by atoms with van der Waals surface area (Å²) in [6.45, 7) is 0.365. The maximum absolute atomic E-state index is 12.9. The molecule has 0 atom stereocenters. The molecule has 0 saturated carbocycles. The number of aromatic carboxylic acids is 1. The quantitative estimate of drug-likeness (QED) is 0.653. The second-order valence-corrected chi connectivity index (χ2v) is 5.68. The fourth-order valence-corrected chi connectivity index (χ4v) is 2.38. The SMILES string of the molecule is O=C(O)c1ccc(C=CCc2cccc(OCc3ccc(F)cc3)c2)o1. The molecule has 26 heavy (non-hydrogen) atoms. The van der Waals surface area contributed by atoms with Gasteiger partial charge in [-0.25, -0.2) is 9.18 Å². The zero-order valence-electron chi connectivity index (χ0n) is 13.9. The van der Waals surface area contributed by atoms with E-state index in [1.165, 1.54) is 18.2 Å². The van der Waals surface area contributed by atoms with E-state index in [4.69, 9.17) is 14.3 Å². The molecule has 0 spiro atoms. The molecule has 0 amide bonds. The van der Waals surface area contributed by atoms with Gasteiger partial charge in [-0.2, -0.15) is 0 Å². The van der Waals surface area contributed by atoms with E-state index in [9.17, 15) is 9.18 Å². The van der Waals surface area contributed by atoms with Crippen molar-refractivity contribution in [3.8, 4) is 5.75 Å². The summed E-state index contributed by atoms with van der Waals surface area (Å²) in [5.74, 6) is -0.219. The van der Waals surface area contributed by atoms with E-state index >= 15 is 0 Å². The average Bonchev–Trinajstić information content (AvgIpc) is 3.11. The van der Waals surface area contributed by atoms with E-state index in [0.29, 0.717) is 18.8 Å². The lowest BCUT2D eigenvalue weighted by atomic mass is 10.1. The van der Waals surface area contributed by atoms with Crippen LogP contribution in [0.25, 0.3) is 6.08 Å². The van der Waals surface area contributed by atoms with E-state index < -0.39 is 5.97 Å². The molecule has 0 aliphatic rings. The average molecular weight is 352 g/mol. The van der Waals surface area contributed by atoms with Crippen molar-refractivity contribution >= 4 is 12.0 Å². The number of hydrogen-bond donors (Lipinski definition) is 1. The van der Waals surface area contributed by atoms with E-state index in [1.54, 1.807) is 24.3 Å². The summed E-state index contributed by atoms with van der Waals surface area (Å²) in [5, 5.41) is 8.83. The van der Waals surface area contributed by atoms with Gasteiger partial charge in [0.15, 0.2) is 0 Å². The number of allylic oxidation sites excluding steroid dienone is 1. The zero-order valence-corrected chi connectivity index (χ0v) is 13.9. The normalized spacial score (nSPS) is 11.0. The summed E-state index contributed by atoms with van der Waals surface area (Å²) in [6, 6.07) is 16.9. The number of ether oxygens (including phenoxy) is 1. The molecule has 0 radical (unpaired) electrons. The minimum atomic E-state index is -1.09. The van der Waals surface area contributed by atoms with E-state index in [1.807, 2.05) is 30.3 Å². The largest absolute Gasteiger partial charge is 0.489 e. The number of hydrogen-bond acceptors (Lipinski definition) is 3.